The molecule has 1 amide bonds. The Morgan fingerprint density at radius 1 is 1.45 bits per heavy atom. The van der Waals surface area contributed by atoms with Gasteiger partial charge in [0.15, 0.2) is 0 Å². The molecule has 2 unspecified atom stereocenters. The molecule has 1 heterocycles. The lowest BCUT2D eigenvalue weighted by molar-refractivity contribution is -0.143. The Balaban J connectivity index is 2.20. The fourth-order valence-corrected chi connectivity index (χ4v) is 3.06. The first-order valence-corrected chi connectivity index (χ1v) is 7.19. The van der Waals surface area contributed by atoms with Crippen molar-refractivity contribution in [3.63, 3.8) is 0 Å². The maximum Gasteiger partial charge on any atom is 0.306 e. The van der Waals surface area contributed by atoms with Crippen LogP contribution in [0.4, 0.5) is 4.39 Å². The predicted octanol–water partition coefficient (Wildman–Crippen LogP) is 2.91. The summed E-state index contributed by atoms with van der Waals surface area (Å²) in [6, 6.07) is 4.16. The van der Waals surface area contributed by atoms with Crippen molar-refractivity contribution in [2.75, 3.05) is 6.54 Å². The van der Waals surface area contributed by atoms with Gasteiger partial charge in [0.25, 0.3) is 5.91 Å². The molecule has 108 valence electrons. The van der Waals surface area contributed by atoms with E-state index in [9.17, 15) is 14.0 Å². The summed E-state index contributed by atoms with van der Waals surface area (Å²) < 4.78 is 14.2. The maximum absolute atomic E-state index is 13.8. The number of hydrogen-bond acceptors (Lipinski definition) is 2. The Bertz CT molecular complexity index is 529. The van der Waals surface area contributed by atoms with Gasteiger partial charge in [-0.3, -0.25) is 9.59 Å². The van der Waals surface area contributed by atoms with E-state index in [-0.39, 0.29) is 11.6 Å². The van der Waals surface area contributed by atoms with Gasteiger partial charge in [-0.2, -0.15) is 0 Å². The van der Waals surface area contributed by atoms with Gasteiger partial charge in [0.2, 0.25) is 0 Å². The zero-order valence-electron chi connectivity index (χ0n) is 11.0. The first-order chi connectivity index (χ1) is 9.41. The molecular weight excluding hydrogens is 329 g/mol. The first-order valence-electron chi connectivity index (χ1n) is 6.39. The third-order valence-electron chi connectivity index (χ3n) is 3.66. The number of amides is 1. The third kappa shape index (κ3) is 2.85. The SMILES string of the molecule is CC1CC(C(=O)O)CCN1C(=O)c1c(F)cccc1Br. The van der Waals surface area contributed by atoms with Crippen LogP contribution in [-0.2, 0) is 4.79 Å². The van der Waals surface area contributed by atoms with Crippen LogP contribution in [0.2, 0.25) is 0 Å². The molecule has 4 nitrogen and oxygen atoms in total. The summed E-state index contributed by atoms with van der Waals surface area (Å²) in [5, 5.41) is 9.02. The van der Waals surface area contributed by atoms with E-state index in [2.05, 4.69) is 15.9 Å². The molecular formula is C14H15BrFNO3. The number of benzene rings is 1. The zero-order chi connectivity index (χ0) is 14.9. The molecule has 6 heteroatoms. The summed E-state index contributed by atoms with van der Waals surface area (Å²) >= 11 is 3.19. The first kappa shape index (κ1) is 15.0. The summed E-state index contributed by atoms with van der Waals surface area (Å²) in [7, 11) is 0. The number of piperidine rings is 1. The van der Waals surface area contributed by atoms with Gasteiger partial charge in [-0.15, -0.1) is 0 Å². The molecule has 1 N–H and O–H groups in total. The molecule has 0 radical (unpaired) electrons. The van der Waals surface area contributed by atoms with Gasteiger partial charge in [0.05, 0.1) is 11.5 Å². The molecule has 20 heavy (non-hydrogen) atoms. The second kappa shape index (κ2) is 5.91. The minimum atomic E-state index is -0.837. The summed E-state index contributed by atoms with van der Waals surface area (Å²) in [5.41, 5.74) is 0.00752. The van der Waals surface area contributed by atoms with Crippen LogP contribution in [0.1, 0.15) is 30.1 Å². The zero-order valence-corrected chi connectivity index (χ0v) is 12.6. The highest BCUT2D eigenvalue weighted by Crippen LogP contribution is 2.27. The van der Waals surface area contributed by atoms with E-state index in [0.29, 0.717) is 23.9 Å². The van der Waals surface area contributed by atoms with Crippen LogP contribution in [0.25, 0.3) is 0 Å². The Morgan fingerprint density at radius 2 is 2.15 bits per heavy atom. The van der Waals surface area contributed by atoms with E-state index < -0.39 is 23.6 Å². The highest BCUT2D eigenvalue weighted by Gasteiger charge is 2.34. The fourth-order valence-electron chi connectivity index (χ4n) is 2.54. The van der Waals surface area contributed by atoms with Crippen LogP contribution < -0.4 is 0 Å². The van der Waals surface area contributed by atoms with E-state index in [0.717, 1.165) is 0 Å². The quantitative estimate of drug-likeness (QED) is 0.898. The number of halogens is 2. The van der Waals surface area contributed by atoms with E-state index in [1.54, 1.807) is 17.9 Å². The van der Waals surface area contributed by atoms with Crippen molar-refractivity contribution in [1.82, 2.24) is 4.90 Å². The van der Waals surface area contributed by atoms with Gasteiger partial charge in [0, 0.05) is 17.1 Å². The van der Waals surface area contributed by atoms with E-state index >= 15 is 0 Å². The molecule has 1 aromatic rings. The summed E-state index contributed by atoms with van der Waals surface area (Å²) in [6.07, 6.45) is 0.796. The summed E-state index contributed by atoms with van der Waals surface area (Å²) in [5.74, 6) is -2.24. The van der Waals surface area contributed by atoms with Crippen LogP contribution in [0.3, 0.4) is 0 Å². The Labute approximate surface area is 124 Å². The molecule has 0 bridgehead atoms. The largest absolute Gasteiger partial charge is 0.481 e. The van der Waals surface area contributed by atoms with Crippen LogP contribution in [0, 0.1) is 11.7 Å². The van der Waals surface area contributed by atoms with Crippen LogP contribution in [0.5, 0.6) is 0 Å². The third-order valence-corrected chi connectivity index (χ3v) is 4.32. The lowest BCUT2D eigenvalue weighted by Crippen LogP contribution is -2.46. The number of rotatable bonds is 2. The molecule has 0 aromatic heterocycles. The van der Waals surface area contributed by atoms with Gasteiger partial charge in [-0.05, 0) is 47.8 Å². The lowest BCUT2D eigenvalue weighted by atomic mass is 9.91. The van der Waals surface area contributed by atoms with Crippen molar-refractivity contribution in [3.8, 4) is 0 Å². The molecule has 1 fully saturated rings. The van der Waals surface area contributed by atoms with Crippen molar-refractivity contribution in [2.24, 2.45) is 5.92 Å². The highest BCUT2D eigenvalue weighted by molar-refractivity contribution is 9.10. The van der Waals surface area contributed by atoms with Gasteiger partial charge in [0.1, 0.15) is 5.82 Å². The van der Waals surface area contributed by atoms with E-state index in [1.807, 2.05) is 0 Å². The Hall–Kier alpha value is -1.43. The van der Waals surface area contributed by atoms with Gasteiger partial charge in [-0.25, -0.2) is 4.39 Å². The van der Waals surface area contributed by atoms with Gasteiger partial charge < -0.3 is 10.0 Å². The van der Waals surface area contributed by atoms with Crippen LogP contribution >= 0.6 is 15.9 Å². The van der Waals surface area contributed by atoms with Crippen LogP contribution in [0.15, 0.2) is 22.7 Å². The minimum absolute atomic E-state index is 0.00752. The lowest BCUT2D eigenvalue weighted by Gasteiger charge is -2.36. The smallest absolute Gasteiger partial charge is 0.306 e. The molecule has 1 aromatic carbocycles. The Kier molecular flexibility index (Phi) is 4.42. The number of aliphatic carboxylic acids is 1. The summed E-state index contributed by atoms with van der Waals surface area (Å²) in [6.45, 7) is 2.12. The number of carbonyl (C=O) groups excluding carboxylic acids is 1. The fraction of sp³-hybridized carbons (Fsp3) is 0.429. The maximum atomic E-state index is 13.8. The van der Waals surface area contributed by atoms with Crippen LogP contribution in [-0.4, -0.2) is 34.5 Å². The van der Waals surface area contributed by atoms with Crippen molar-refractivity contribution < 1.29 is 19.1 Å². The number of nitrogens with zero attached hydrogens (tertiary/aromatic N) is 1. The van der Waals surface area contributed by atoms with Crippen molar-refractivity contribution in [1.29, 1.82) is 0 Å². The van der Waals surface area contributed by atoms with Gasteiger partial charge >= 0.3 is 5.97 Å². The second-order valence-electron chi connectivity index (χ2n) is 5.00. The van der Waals surface area contributed by atoms with Gasteiger partial charge in [-0.1, -0.05) is 6.07 Å². The number of carboxylic acids is 1. The van der Waals surface area contributed by atoms with E-state index in [4.69, 9.17) is 5.11 Å². The standard InChI is InChI=1S/C14H15BrFNO3/c1-8-7-9(14(19)20)5-6-17(8)13(18)12-10(15)3-2-4-11(12)16/h2-4,8-9H,5-7H2,1H3,(H,19,20). The minimum Gasteiger partial charge on any atom is -0.481 e. The monoisotopic (exact) mass is 343 g/mol. The molecule has 2 rings (SSSR count). The number of likely N-dealkylation sites (tertiary alicyclic amines) is 1. The molecule has 0 saturated carbocycles. The number of hydrogen-bond donors (Lipinski definition) is 1. The normalized spacial score (nSPS) is 22.6. The average molecular weight is 344 g/mol. The average Bonchev–Trinajstić information content (AvgIpc) is 2.38. The second-order valence-corrected chi connectivity index (χ2v) is 5.86. The molecule has 0 aliphatic carbocycles. The summed E-state index contributed by atoms with van der Waals surface area (Å²) in [4.78, 5) is 25.0. The molecule has 1 saturated heterocycles. The van der Waals surface area contributed by atoms with Crippen molar-refractivity contribution in [3.05, 3.63) is 34.1 Å². The molecule has 1 aliphatic heterocycles. The number of carboxylic acid groups (broad SMARTS) is 1. The topological polar surface area (TPSA) is 57.6 Å². The molecule has 2 atom stereocenters. The predicted molar refractivity (Wildman–Crippen MR) is 75.0 cm³/mol. The molecule has 1 aliphatic rings. The van der Waals surface area contributed by atoms with E-state index in [1.165, 1.54) is 12.1 Å². The number of carbonyl (C=O) groups is 2. The van der Waals surface area contributed by atoms with Crippen molar-refractivity contribution in [2.45, 2.75) is 25.8 Å². The highest BCUT2D eigenvalue weighted by atomic mass is 79.9. The Morgan fingerprint density at radius 3 is 2.70 bits per heavy atom. The van der Waals surface area contributed by atoms with Crippen molar-refractivity contribution >= 4 is 27.8 Å². The molecule has 0 spiro atoms.